The van der Waals surface area contributed by atoms with Gasteiger partial charge in [-0.1, -0.05) is 0 Å². The first-order valence-electron chi connectivity index (χ1n) is 6.85. The van der Waals surface area contributed by atoms with Crippen molar-refractivity contribution in [3.63, 3.8) is 0 Å². The highest BCUT2D eigenvalue weighted by atomic mass is 16.5. The molecule has 0 aliphatic carbocycles. The lowest BCUT2D eigenvalue weighted by molar-refractivity contribution is 0.137. The van der Waals surface area contributed by atoms with Crippen LogP contribution in [0, 0.1) is 6.92 Å². The van der Waals surface area contributed by atoms with Crippen molar-refractivity contribution in [1.29, 1.82) is 0 Å². The molecule has 6 nitrogen and oxygen atoms in total. The van der Waals surface area contributed by atoms with Crippen LogP contribution in [0.1, 0.15) is 5.69 Å². The summed E-state index contributed by atoms with van der Waals surface area (Å²) in [4.78, 5) is 13.8. The zero-order chi connectivity index (χ0) is 13.2. The van der Waals surface area contributed by atoms with E-state index in [9.17, 15) is 0 Å². The smallest absolute Gasteiger partial charge is 0.228 e. The van der Waals surface area contributed by atoms with Crippen LogP contribution in [0.5, 0.6) is 5.88 Å². The number of aryl methyl sites for hydroxylation is 1. The molecule has 1 aromatic rings. The number of hydrogen-bond acceptors (Lipinski definition) is 6. The second-order valence-electron chi connectivity index (χ2n) is 5.19. The van der Waals surface area contributed by atoms with Crippen LogP contribution in [0.15, 0.2) is 6.07 Å². The van der Waals surface area contributed by atoms with E-state index in [1.807, 2.05) is 13.0 Å². The minimum Gasteiger partial charge on any atom is -0.481 e. The predicted octanol–water partition coefficient (Wildman–Crippen LogP) is -0.113. The van der Waals surface area contributed by atoms with Gasteiger partial charge in [-0.3, -0.25) is 4.90 Å². The largest absolute Gasteiger partial charge is 0.481 e. The minimum absolute atomic E-state index is 0.646. The molecule has 19 heavy (non-hydrogen) atoms. The number of piperazine rings is 1. The van der Waals surface area contributed by atoms with Crippen molar-refractivity contribution in [2.45, 2.75) is 13.0 Å². The Kier molecular flexibility index (Phi) is 3.52. The van der Waals surface area contributed by atoms with Crippen LogP contribution < -0.4 is 15.0 Å². The summed E-state index contributed by atoms with van der Waals surface area (Å²) in [6.45, 7) is 8.40. The molecule has 3 heterocycles. The summed E-state index contributed by atoms with van der Waals surface area (Å²) in [6, 6.07) is 2.59. The van der Waals surface area contributed by atoms with Gasteiger partial charge in [-0.15, -0.1) is 0 Å². The second-order valence-corrected chi connectivity index (χ2v) is 5.19. The first-order chi connectivity index (χ1) is 9.26. The highest BCUT2D eigenvalue weighted by molar-refractivity contribution is 5.35. The number of ether oxygens (including phenoxy) is 1. The zero-order valence-corrected chi connectivity index (χ0v) is 11.6. The third-order valence-corrected chi connectivity index (χ3v) is 3.90. The number of anilines is 1. The lowest BCUT2D eigenvalue weighted by atomic mass is 10.1. The van der Waals surface area contributed by atoms with Gasteiger partial charge >= 0.3 is 0 Å². The fourth-order valence-corrected chi connectivity index (χ4v) is 2.59. The van der Waals surface area contributed by atoms with E-state index in [0.29, 0.717) is 5.88 Å². The molecule has 0 spiro atoms. The Hall–Kier alpha value is -1.40. The van der Waals surface area contributed by atoms with Crippen LogP contribution >= 0.6 is 0 Å². The van der Waals surface area contributed by atoms with Crippen molar-refractivity contribution >= 4 is 5.95 Å². The Balaban J connectivity index is 1.65. The van der Waals surface area contributed by atoms with Crippen molar-refractivity contribution in [1.82, 2.24) is 20.2 Å². The summed E-state index contributed by atoms with van der Waals surface area (Å²) in [5.41, 5.74) is 0.951. The molecule has 0 saturated carbocycles. The molecule has 3 rings (SSSR count). The van der Waals surface area contributed by atoms with E-state index in [-0.39, 0.29) is 0 Å². The monoisotopic (exact) mass is 263 g/mol. The lowest BCUT2D eigenvalue weighted by Gasteiger charge is -2.43. The molecule has 0 bridgehead atoms. The number of nitrogens with zero attached hydrogens (tertiary/aromatic N) is 4. The first-order valence-corrected chi connectivity index (χ1v) is 6.85. The van der Waals surface area contributed by atoms with Crippen LogP contribution in [0.3, 0.4) is 0 Å². The van der Waals surface area contributed by atoms with Crippen molar-refractivity contribution in [2.75, 3.05) is 51.3 Å². The van der Waals surface area contributed by atoms with Crippen molar-refractivity contribution < 1.29 is 4.74 Å². The Morgan fingerprint density at radius 2 is 1.95 bits per heavy atom. The van der Waals surface area contributed by atoms with Crippen molar-refractivity contribution in [3.8, 4) is 5.88 Å². The molecular weight excluding hydrogens is 242 g/mol. The van der Waals surface area contributed by atoms with E-state index >= 15 is 0 Å². The Labute approximate surface area is 113 Å². The van der Waals surface area contributed by atoms with Gasteiger partial charge in [-0.05, 0) is 6.92 Å². The van der Waals surface area contributed by atoms with Crippen LogP contribution in [0.25, 0.3) is 0 Å². The van der Waals surface area contributed by atoms with Crippen LogP contribution in [0.2, 0.25) is 0 Å². The van der Waals surface area contributed by atoms with Crippen LogP contribution in [-0.4, -0.2) is 67.3 Å². The summed E-state index contributed by atoms with van der Waals surface area (Å²) in [7, 11) is 1.65. The minimum atomic E-state index is 0.646. The highest BCUT2D eigenvalue weighted by Crippen LogP contribution is 2.18. The van der Waals surface area contributed by atoms with Gasteiger partial charge in [0.05, 0.1) is 7.11 Å². The number of methoxy groups -OCH3 is 1. The molecule has 104 valence electrons. The van der Waals surface area contributed by atoms with E-state index in [0.717, 1.165) is 57.0 Å². The quantitative estimate of drug-likeness (QED) is 0.821. The van der Waals surface area contributed by atoms with Crippen molar-refractivity contribution in [2.24, 2.45) is 0 Å². The van der Waals surface area contributed by atoms with E-state index in [2.05, 4.69) is 25.1 Å². The van der Waals surface area contributed by atoms with Gasteiger partial charge in [0, 0.05) is 57.1 Å². The second kappa shape index (κ2) is 5.30. The fraction of sp³-hybridized carbons (Fsp3) is 0.692. The van der Waals surface area contributed by atoms with E-state index in [4.69, 9.17) is 4.74 Å². The number of aromatic nitrogens is 2. The summed E-state index contributed by atoms with van der Waals surface area (Å²) in [5, 5.41) is 3.33. The Morgan fingerprint density at radius 1 is 1.21 bits per heavy atom. The highest BCUT2D eigenvalue weighted by Gasteiger charge is 2.28. The SMILES string of the molecule is COc1cc(C)nc(N2CCN(C3CNC3)CC2)n1. The summed E-state index contributed by atoms with van der Waals surface area (Å²) < 4.78 is 5.22. The van der Waals surface area contributed by atoms with Gasteiger partial charge in [0.1, 0.15) is 0 Å². The molecule has 2 saturated heterocycles. The lowest BCUT2D eigenvalue weighted by Crippen LogP contribution is -2.61. The van der Waals surface area contributed by atoms with Gasteiger partial charge in [-0.25, -0.2) is 4.98 Å². The van der Waals surface area contributed by atoms with Gasteiger partial charge in [-0.2, -0.15) is 4.98 Å². The topological polar surface area (TPSA) is 53.5 Å². The maximum Gasteiger partial charge on any atom is 0.228 e. The first kappa shape index (κ1) is 12.6. The van der Waals surface area contributed by atoms with E-state index in [1.165, 1.54) is 0 Å². The molecule has 6 heteroatoms. The predicted molar refractivity (Wildman–Crippen MR) is 73.8 cm³/mol. The molecule has 0 amide bonds. The molecule has 2 aliphatic rings. The molecule has 1 N–H and O–H groups in total. The molecule has 0 unspecified atom stereocenters. The summed E-state index contributed by atoms with van der Waals surface area (Å²) in [5.74, 6) is 1.44. The Bertz CT molecular complexity index is 441. The molecule has 0 aromatic carbocycles. The average molecular weight is 263 g/mol. The van der Waals surface area contributed by atoms with Gasteiger partial charge in [0.15, 0.2) is 0 Å². The van der Waals surface area contributed by atoms with E-state index in [1.54, 1.807) is 7.11 Å². The average Bonchev–Trinajstić information content (AvgIpc) is 2.37. The standard InChI is InChI=1S/C13H21N5O/c1-10-7-12(19-2)16-13(15-10)18-5-3-17(4-6-18)11-8-14-9-11/h7,11,14H,3-6,8-9H2,1-2H3. The molecular formula is C13H21N5O. The number of hydrogen-bond donors (Lipinski definition) is 1. The molecule has 2 fully saturated rings. The third-order valence-electron chi connectivity index (χ3n) is 3.90. The maximum absolute atomic E-state index is 5.22. The van der Waals surface area contributed by atoms with Gasteiger partial charge in [0.25, 0.3) is 0 Å². The van der Waals surface area contributed by atoms with Gasteiger partial charge in [0.2, 0.25) is 11.8 Å². The molecule has 2 aliphatic heterocycles. The van der Waals surface area contributed by atoms with Gasteiger partial charge < -0.3 is 15.0 Å². The number of nitrogens with one attached hydrogen (secondary N) is 1. The van der Waals surface area contributed by atoms with E-state index < -0.39 is 0 Å². The van der Waals surface area contributed by atoms with Crippen LogP contribution in [-0.2, 0) is 0 Å². The fourth-order valence-electron chi connectivity index (χ4n) is 2.59. The molecule has 1 aromatic heterocycles. The third kappa shape index (κ3) is 2.64. The Morgan fingerprint density at radius 3 is 2.53 bits per heavy atom. The maximum atomic E-state index is 5.22. The summed E-state index contributed by atoms with van der Waals surface area (Å²) >= 11 is 0. The summed E-state index contributed by atoms with van der Waals surface area (Å²) in [6.07, 6.45) is 0. The van der Waals surface area contributed by atoms with Crippen LogP contribution in [0.4, 0.5) is 5.95 Å². The molecule has 0 atom stereocenters. The number of rotatable bonds is 3. The molecule has 0 radical (unpaired) electrons. The zero-order valence-electron chi connectivity index (χ0n) is 11.6. The van der Waals surface area contributed by atoms with Crippen molar-refractivity contribution in [3.05, 3.63) is 11.8 Å². The normalized spacial score (nSPS) is 21.3.